The molecule has 0 heterocycles. The highest BCUT2D eigenvalue weighted by Crippen LogP contribution is 2.31. The normalized spacial score (nSPS) is 10.7. The van der Waals surface area contributed by atoms with Crippen molar-refractivity contribution in [1.29, 1.82) is 0 Å². The molecule has 1 nitrogen and oxygen atoms in total. The van der Waals surface area contributed by atoms with Crippen molar-refractivity contribution in [3.05, 3.63) is 57.8 Å². The Bertz CT molecular complexity index is 584. The quantitative estimate of drug-likeness (QED) is 0.845. The fraction of sp³-hybridized carbons (Fsp3) is 0.200. The summed E-state index contributed by atoms with van der Waals surface area (Å²) in [5.41, 5.74) is 2.78. The fourth-order valence-corrected chi connectivity index (χ4v) is 2.33. The molecule has 4 heteroatoms. The van der Waals surface area contributed by atoms with Gasteiger partial charge in [0.1, 0.15) is 5.82 Å². The van der Waals surface area contributed by atoms with Gasteiger partial charge in [-0.15, -0.1) is 0 Å². The summed E-state index contributed by atoms with van der Waals surface area (Å²) in [4.78, 5) is 0. The highest BCUT2D eigenvalue weighted by molar-refractivity contribution is 6.34. The summed E-state index contributed by atoms with van der Waals surface area (Å²) < 4.78 is 13.1. The maximum absolute atomic E-state index is 13.1. The molecule has 0 saturated carbocycles. The molecule has 0 spiro atoms. The van der Waals surface area contributed by atoms with Crippen molar-refractivity contribution in [1.82, 2.24) is 5.32 Å². The third kappa shape index (κ3) is 3.47. The molecule has 0 unspecified atom stereocenters. The largest absolute Gasteiger partial charge is 0.313 e. The van der Waals surface area contributed by atoms with Gasteiger partial charge in [-0.25, -0.2) is 4.39 Å². The van der Waals surface area contributed by atoms with E-state index in [1.165, 1.54) is 6.07 Å². The smallest absolute Gasteiger partial charge is 0.141 e. The number of hydrogen-bond acceptors (Lipinski definition) is 1. The molecule has 2 aromatic carbocycles. The Labute approximate surface area is 122 Å². The first kappa shape index (κ1) is 14.3. The first-order valence-corrected chi connectivity index (χ1v) is 6.82. The van der Waals surface area contributed by atoms with E-state index in [9.17, 15) is 4.39 Å². The summed E-state index contributed by atoms with van der Waals surface area (Å²) in [5.74, 6) is -0.426. The van der Waals surface area contributed by atoms with Gasteiger partial charge >= 0.3 is 0 Å². The second-order valence-corrected chi connectivity index (χ2v) is 5.04. The summed E-state index contributed by atoms with van der Waals surface area (Å²) in [5, 5.41) is 3.98. The van der Waals surface area contributed by atoms with E-state index in [0.717, 1.165) is 29.8 Å². The maximum Gasteiger partial charge on any atom is 0.141 e. The van der Waals surface area contributed by atoms with Crippen molar-refractivity contribution in [3.63, 3.8) is 0 Å². The van der Waals surface area contributed by atoms with Crippen molar-refractivity contribution in [2.75, 3.05) is 6.54 Å². The van der Waals surface area contributed by atoms with Crippen LogP contribution in [0.25, 0.3) is 11.1 Å². The SMILES string of the molecule is CCNCc1ccc(-c2ccc(F)c(Cl)c2)c(Cl)c1. The molecular formula is C15H14Cl2FN. The van der Waals surface area contributed by atoms with Crippen LogP contribution in [0.1, 0.15) is 12.5 Å². The molecule has 0 aliphatic rings. The van der Waals surface area contributed by atoms with E-state index < -0.39 is 5.82 Å². The van der Waals surface area contributed by atoms with Crippen LogP contribution >= 0.6 is 23.2 Å². The van der Waals surface area contributed by atoms with E-state index in [2.05, 4.69) is 12.2 Å². The van der Waals surface area contributed by atoms with Crippen LogP contribution in [0.2, 0.25) is 10.0 Å². The topological polar surface area (TPSA) is 12.0 Å². The third-order valence-corrected chi connectivity index (χ3v) is 3.45. The van der Waals surface area contributed by atoms with E-state index in [4.69, 9.17) is 23.2 Å². The first-order valence-electron chi connectivity index (χ1n) is 6.06. The summed E-state index contributed by atoms with van der Waals surface area (Å²) in [7, 11) is 0. The lowest BCUT2D eigenvalue weighted by Gasteiger charge is -2.08. The Morgan fingerprint density at radius 3 is 2.47 bits per heavy atom. The van der Waals surface area contributed by atoms with Crippen molar-refractivity contribution in [2.45, 2.75) is 13.5 Å². The van der Waals surface area contributed by atoms with Crippen LogP contribution < -0.4 is 5.32 Å². The standard InChI is InChI=1S/C15H14Cl2FN/c1-2-19-9-10-3-5-12(13(16)7-10)11-4-6-15(18)14(17)8-11/h3-8,19H,2,9H2,1H3. The number of halogens is 3. The number of rotatable bonds is 4. The highest BCUT2D eigenvalue weighted by Gasteiger charge is 2.07. The number of nitrogens with one attached hydrogen (secondary N) is 1. The van der Waals surface area contributed by atoms with Crippen molar-refractivity contribution < 1.29 is 4.39 Å². The molecule has 0 fully saturated rings. The van der Waals surface area contributed by atoms with Crippen LogP contribution in [0.4, 0.5) is 4.39 Å². The van der Waals surface area contributed by atoms with E-state index in [1.54, 1.807) is 12.1 Å². The van der Waals surface area contributed by atoms with Gasteiger partial charge in [0.2, 0.25) is 0 Å². The van der Waals surface area contributed by atoms with Crippen LogP contribution in [-0.2, 0) is 6.54 Å². The van der Waals surface area contributed by atoms with E-state index in [-0.39, 0.29) is 5.02 Å². The summed E-state index contributed by atoms with van der Waals surface area (Å²) in [6.07, 6.45) is 0. The Hall–Kier alpha value is -1.09. The van der Waals surface area contributed by atoms with Gasteiger partial charge in [0.15, 0.2) is 0 Å². The molecule has 0 aromatic heterocycles. The van der Waals surface area contributed by atoms with Crippen molar-refractivity contribution in [3.8, 4) is 11.1 Å². The van der Waals surface area contributed by atoms with Crippen LogP contribution in [0.15, 0.2) is 36.4 Å². The minimum absolute atomic E-state index is 0.102. The summed E-state index contributed by atoms with van der Waals surface area (Å²) >= 11 is 12.1. The number of hydrogen-bond donors (Lipinski definition) is 1. The lowest BCUT2D eigenvalue weighted by molar-refractivity contribution is 0.628. The van der Waals surface area contributed by atoms with Gasteiger partial charge in [0.25, 0.3) is 0 Å². The lowest BCUT2D eigenvalue weighted by Crippen LogP contribution is -2.11. The van der Waals surface area contributed by atoms with E-state index in [0.29, 0.717) is 5.02 Å². The van der Waals surface area contributed by atoms with Crippen molar-refractivity contribution in [2.24, 2.45) is 0 Å². The number of benzene rings is 2. The molecule has 1 N–H and O–H groups in total. The molecule has 0 bridgehead atoms. The molecule has 2 aromatic rings. The second kappa shape index (κ2) is 6.38. The molecule has 0 radical (unpaired) electrons. The average molecular weight is 298 g/mol. The Balaban J connectivity index is 2.32. The third-order valence-electron chi connectivity index (χ3n) is 2.84. The van der Waals surface area contributed by atoms with Gasteiger partial charge in [-0.05, 0) is 35.9 Å². The van der Waals surface area contributed by atoms with Gasteiger partial charge in [-0.1, -0.05) is 48.3 Å². The molecule has 0 saturated heterocycles. The molecule has 0 atom stereocenters. The Morgan fingerprint density at radius 2 is 1.84 bits per heavy atom. The zero-order valence-electron chi connectivity index (χ0n) is 10.5. The van der Waals surface area contributed by atoms with Crippen LogP contribution in [0.3, 0.4) is 0 Å². The van der Waals surface area contributed by atoms with Crippen LogP contribution in [0.5, 0.6) is 0 Å². The average Bonchev–Trinajstić information content (AvgIpc) is 2.40. The predicted octanol–water partition coefficient (Wildman–Crippen LogP) is 4.91. The Morgan fingerprint density at radius 1 is 1.05 bits per heavy atom. The zero-order valence-corrected chi connectivity index (χ0v) is 12.0. The molecule has 0 amide bonds. The first-order chi connectivity index (χ1) is 9.11. The molecule has 100 valence electrons. The lowest BCUT2D eigenvalue weighted by atomic mass is 10.0. The monoisotopic (exact) mass is 297 g/mol. The minimum Gasteiger partial charge on any atom is -0.313 e. The zero-order chi connectivity index (χ0) is 13.8. The molecule has 2 rings (SSSR count). The van der Waals surface area contributed by atoms with Crippen molar-refractivity contribution >= 4 is 23.2 Å². The second-order valence-electron chi connectivity index (χ2n) is 4.22. The minimum atomic E-state index is -0.426. The molecule has 0 aliphatic carbocycles. The van der Waals surface area contributed by atoms with Gasteiger partial charge < -0.3 is 5.32 Å². The predicted molar refractivity (Wildman–Crippen MR) is 79.2 cm³/mol. The fourth-order valence-electron chi connectivity index (χ4n) is 1.84. The molecule has 19 heavy (non-hydrogen) atoms. The highest BCUT2D eigenvalue weighted by atomic mass is 35.5. The Kier molecular flexibility index (Phi) is 4.81. The van der Waals surface area contributed by atoms with Gasteiger partial charge in [0.05, 0.1) is 5.02 Å². The summed E-state index contributed by atoms with van der Waals surface area (Å²) in [6, 6.07) is 10.4. The van der Waals surface area contributed by atoms with E-state index >= 15 is 0 Å². The van der Waals surface area contributed by atoms with Gasteiger partial charge in [0, 0.05) is 17.1 Å². The van der Waals surface area contributed by atoms with Crippen LogP contribution in [-0.4, -0.2) is 6.54 Å². The maximum atomic E-state index is 13.1. The van der Waals surface area contributed by atoms with Crippen LogP contribution in [0, 0.1) is 5.82 Å². The van der Waals surface area contributed by atoms with Gasteiger partial charge in [-0.3, -0.25) is 0 Å². The summed E-state index contributed by atoms with van der Waals surface area (Å²) in [6.45, 7) is 3.74. The van der Waals surface area contributed by atoms with E-state index in [1.807, 2.05) is 18.2 Å². The molecular weight excluding hydrogens is 284 g/mol. The molecule has 0 aliphatic heterocycles. The van der Waals surface area contributed by atoms with Gasteiger partial charge in [-0.2, -0.15) is 0 Å².